The maximum Gasteiger partial charge on any atom is 0.0914 e. The summed E-state index contributed by atoms with van der Waals surface area (Å²) in [6, 6.07) is 11.3. The molecule has 2 aromatic rings. The second-order valence-electron chi connectivity index (χ2n) is 4.48. The zero-order chi connectivity index (χ0) is 13.7. The average Bonchev–Trinajstić information content (AvgIpc) is 2.46. The second-order valence-corrected chi connectivity index (χ2v) is 4.91. The number of aliphatic hydroxyl groups is 1. The molecule has 0 saturated heterocycles. The van der Waals surface area contributed by atoms with Gasteiger partial charge in [-0.05, 0) is 42.3 Å². The van der Waals surface area contributed by atoms with Gasteiger partial charge < -0.3 is 10.4 Å². The lowest BCUT2D eigenvalue weighted by Crippen LogP contribution is -2.24. The molecule has 19 heavy (non-hydrogen) atoms. The van der Waals surface area contributed by atoms with Crippen LogP contribution in [0.3, 0.4) is 0 Å². The minimum atomic E-state index is -0.540. The lowest BCUT2D eigenvalue weighted by molar-refractivity contribution is 0.171. The predicted molar refractivity (Wildman–Crippen MR) is 77.1 cm³/mol. The lowest BCUT2D eigenvalue weighted by atomic mass is 10.1. The molecule has 3 nitrogen and oxygen atoms in total. The number of halogens is 1. The van der Waals surface area contributed by atoms with Crippen molar-refractivity contribution in [2.45, 2.75) is 19.1 Å². The first-order chi connectivity index (χ1) is 9.16. The Morgan fingerprint density at radius 1 is 1.11 bits per heavy atom. The molecule has 0 spiro atoms. The van der Waals surface area contributed by atoms with Crippen LogP contribution >= 0.6 is 11.6 Å². The molecular formula is C15H17ClN2O. The van der Waals surface area contributed by atoms with Gasteiger partial charge in [0.2, 0.25) is 0 Å². The highest BCUT2D eigenvalue weighted by Gasteiger charge is 2.10. The fraction of sp³-hybridized carbons (Fsp3) is 0.267. The molecule has 1 aromatic carbocycles. The Bertz CT molecular complexity index is 501. The van der Waals surface area contributed by atoms with Crippen LogP contribution in [0.15, 0.2) is 48.8 Å². The van der Waals surface area contributed by atoms with Crippen molar-refractivity contribution in [1.29, 1.82) is 0 Å². The van der Waals surface area contributed by atoms with Crippen LogP contribution in [0.4, 0.5) is 0 Å². The third-order valence-corrected chi connectivity index (χ3v) is 3.33. The van der Waals surface area contributed by atoms with Crippen molar-refractivity contribution in [3.05, 3.63) is 64.9 Å². The van der Waals surface area contributed by atoms with E-state index in [-0.39, 0.29) is 6.04 Å². The molecule has 2 rings (SSSR count). The molecule has 0 saturated carbocycles. The van der Waals surface area contributed by atoms with Gasteiger partial charge in [-0.25, -0.2) is 0 Å². The molecule has 0 aliphatic rings. The Morgan fingerprint density at radius 2 is 1.74 bits per heavy atom. The molecule has 1 unspecified atom stereocenters. The normalized spacial score (nSPS) is 14.1. The first-order valence-corrected chi connectivity index (χ1v) is 6.61. The number of rotatable bonds is 5. The number of hydrogen-bond donors (Lipinski definition) is 2. The molecule has 1 aromatic heterocycles. The van der Waals surface area contributed by atoms with Crippen molar-refractivity contribution in [3.8, 4) is 0 Å². The number of nitrogens with zero attached hydrogens (tertiary/aromatic N) is 1. The summed E-state index contributed by atoms with van der Waals surface area (Å²) in [6.07, 6.45) is 2.99. The average molecular weight is 277 g/mol. The fourth-order valence-electron chi connectivity index (χ4n) is 1.86. The van der Waals surface area contributed by atoms with Crippen molar-refractivity contribution in [3.63, 3.8) is 0 Å². The van der Waals surface area contributed by atoms with Crippen molar-refractivity contribution in [2.75, 3.05) is 6.54 Å². The van der Waals surface area contributed by atoms with Gasteiger partial charge in [-0.2, -0.15) is 0 Å². The van der Waals surface area contributed by atoms with Gasteiger partial charge in [0.05, 0.1) is 6.10 Å². The first-order valence-electron chi connectivity index (χ1n) is 6.23. The van der Waals surface area contributed by atoms with E-state index in [4.69, 9.17) is 11.6 Å². The number of benzene rings is 1. The first kappa shape index (κ1) is 14.0. The smallest absolute Gasteiger partial charge is 0.0914 e. The Labute approximate surface area is 118 Å². The van der Waals surface area contributed by atoms with Crippen LogP contribution in [0, 0.1) is 0 Å². The molecule has 1 heterocycles. The van der Waals surface area contributed by atoms with E-state index in [9.17, 15) is 5.11 Å². The molecule has 2 N–H and O–H groups in total. The molecule has 0 fully saturated rings. The molecule has 0 aliphatic carbocycles. The number of hydrogen-bond acceptors (Lipinski definition) is 3. The Kier molecular flexibility index (Phi) is 4.91. The van der Waals surface area contributed by atoms with Crippen LogP contribution in [-0.4, -0.2) is 16.6 Å². The zero-order valence-electron chi connectivity index (χ0n) is 10.8. The summed E-state index contributed by atoms with van der Waals surface area (Å²) >= 11 is 5.82. The summed E-state index contributed by atoms with van der Waals surface area (Å²) in [5, 5.41) is 14.1. The largest absolute Gasteiger partial charge is 0.387 e. The maximum absolute atomic E-state index is 10.1. The summed E-state index contributed by atoms with van der Waals surface area (Å²) in [5.74, 6) is 0. The minimum Gasteiger partial charge on any atom is -0.387 e. The predicted octanol–water partition coefficient (Wildman–Crippen LogP) is 3.12. The quantitative estimate of drug-likeness (QED) is 0.882. The minimum absolute atomic E-state index is 0.171. The molecule has 0 amide bonds. The number of pyridine rings is 1. The molecule has 0 radical (unpaired) electrons. The fourth-order valence-corrected chi connectivity index (χ4v) is 1.99. The summed E-state index contributed by atoms with van der Waals surface area (Å²) in [7, 11) is 0. The van der Waals surface area contributed by atoms with Crippen LogP contribution in [0.1, 0.15) is 30.2 Å². The van der Waals surface area contributed by atoms with E-state index in [1.807, 2.05) is 24.3 Å². The van der Waals surface area contributed by atoms with Crippen LogP contribution < -0.4 is 5.32 Å². The monoisotopic (exact) mass is 276 g/mol. The van der Waals surface area contributed by atoms with Gasteiger partial charge in [-0.3, -0.25) is 4.98 Å². The van der Waals surface area contributed by atoms with Gasteiger partial charge in [0.1, 0.15) is 0 Å². The SMILES string of the molecule is C[C@@H](NCC(O)c1ccc(Cl)cc1)c1ccncc1. The van der Waals surface area contributed by atoms with Gasteiger partial charge in [0, 0.05) is 30.0 Å². The standard InChI is InChI=1S/C15H17ClN2O/c1-11(12-6-8-17-9-7-12)18-10-15(19)13-2-4-14(16)5-3-13/h2-9,11,15,18-19H,10H2,1H3/t11-,15?/m1/s1. The number of aliphatic hydroxyl groups excluding tert-OH is 1. The Hall–Kier alpha value is -1.42. The number of nitrogens with one attached hydrogen (secondary N) is 1. The van der Waals surface area contributed by atoms with Gasteiger partial charge in [-0.1, -0.05) is 23.7 Å². The van der Waals surface area contributed by atoms with Crippen LogP contribution in [0.25, 0.3) is 0 Å². The van der Waals surface area contributed by atoms with Crippen molar-refractivity contribution in [1.82, 2.24) is 10.3 Å². The molecule has 2 atom stereocenters. The highest BCUT2D eigenvalue weighted by atomic mass is 35.5. The summed E-state index contributed by atoms with van der Waals surface area (Å²) in [6.45, 7) is 2.55. The topological polar surface area (TPSA) is 45.1 Å². The molecular weight excluding hydrogens is 260 g/mol. The Balaban J connectivity index is 1.90. The third kappa shape index (κ3) is 4.03. The van der Waals surface area contributed by atoms with E-state index >= 15 is 0 Å². The highest BCUT2D eigenvalue weighted by Crippen LogP contribution is 2.17. The third-order valence-electron chi connectivity index (χ3n) is 3.08. The molecule has 100 valence electrons. The summed E-state index contributed by atoms with van der Waals surface area (Å²) in [4.78, 5) is 3.99. The van der Waals surface area contributed by atoms with E-state index in [0.717, 1.165) is 11.1 Å². The van der Waals surface area contributed by atoms with E-state index < -0.39 is 6.10 Å². The van der Waals surface area contributed by atoms with Gasteiger partial charge in [0.15, 0.2) is 0 Å². The van der Waals surface area contributed by atoms with Crippen molar-refractivity contribution in [2.24, 2.45) is 0 Å². The molecule has 0 aliphatic heterocycles. The maximum atomic E-state index is 10.1. The van der Waals surface area contributed by atoms with E-state index in [2.05, 4.69) is 17.2 Å². The Morgan fingerprint density at radius 3 is 2.37 bits per heavy atom. The highest BCUT2D eigenvalue weighted by molar-refractivity contribution is 6.30. The van der Waals surface area contributed by atoms with E-state index in [0.29, 0.717) is 11.6 Å². The van der Waals surface area contributed by atoms with E-state index in [1.54, 1.807) is 24.5 Å². The molecule has 0 bridgehead atoms. The number of aromatic nitrogens is 1. The summed E-state index contributed by atoms with van der Waals surface area (Å²) < 4.78 is 0. The molecule has 4 heteroatoms. The van der Waals surface area contributed by atoms with Crippen LogP contribution in [-0.2, 0) is 0 Å². The van der Waals surface area contributed by atoms with Gasteiger partial charge in [-0.15, -0.1) is 0 Å². The summed E-state index contributed by atoms with van der Waals surface area (Å²) in [5.41, 5.74) is 2.01. The van der Waals surface area contributed by atoms with Gasteiger partial charge in [0.25, 0.3) is 0 Å². The van der Waals surface area contributed by atoms with E-state index in [1.165, 1.54) is 0 Å². The van der Waals surface area contributed by atoms with Crippen molar-refractivity contribution >= 4 is 11.6 Å². The lowest BCUT2D eigenvalue weighted by Gasteiger charge is -2.17. The van der Waals surface area contributed by atoms with Crippen LogP contribution in [0.2, 0.25) is 5.02 Å². The van der Waals surface area contributed by atoms with Crippen LogP contribution in [0.5, 0.6) is 0 Å². The zero-order valence-corrected chi connectivity index (χ0v) is 11.5. The van der Waals surface area contributed by atoms with Crippen molar-refractivity contribution < 1.29 is 5.11 Å². The van der Waals surface area contributed by atoms with Gasteiger partial charge >= 0.3 is 0 Å². The second kappa shape index (κ2) is 6.66.